The van der Waals surface area contributed by atoms with Crippen LogP contribution in [0.2, 0.25) is 0 Å². The van der Waals surface area contributed by atoms with Crippen LogP contribution < -0.4 is 0 Å². The normalized spacial score (nSPS) is 17.5. The summed E-state index contributed by atoms with van der Waals surface area (Å²) in [6, 6.07) is 7.57. The van der Waals surface area contributed by atoms with Gasteiger partial charge in [0, 0.05) is 28.8 Å². The van der Waals surface area contributed by atoms with E-state index in [0.717, 1.165) is 65.1 Å². The van der Waals surface area contributed by atoms with Crippen LogP contribution in [-0.2, 0) is 0 Å². The Morgan fingerprint density at radius 3 is 2.50 bits per heavy atom. The lowest BCUT2D eigenvalue weighted by Crippen LogP contribution is -2.29. The Morgan fingerprint density at radius 1 is 1.16 bits per heavy atom. The van der Waals surface area contributed by atoms with Gasteiger partial charge in [-0.1, -0.05) is 32.1 Å². The van der Waals surface area contributed by atoms with Crippen LogP contribution in [0.5, 0.6) is 0 Å². The largest absolute Gasteiger partial charge is 0.306 e. The molecule has 32 heavy (non-hydrogen) atoms. The van der Waals surface area contributed by atoms with Gasteiger partial charge in [-0.25, -0.2) is 14.4 Å². The third kappa shape index (κ3) is 5.16. The topological polar surface area (TPSA) is 31.7 Å². The molecule has 0 amide bonds. The summed E-state index contributed by atoms with van der Waals surface area (Å²) in [7, 11) is 2.14. The average Bonchev–Trinajstić information content (AvgIpc) is 2.78. The SMILES string of the molecule is C=C1C(C)=CC(c2cc(F)c3nc(C4CCN(C)CC4)ccc3c2)=NN1C=C(C)C.CC. The highest BCUT2D eigenvalue weighted by Crippen LogP contribution is 2.30. The molecule has 0 N–H and O–H groups in total. The van der Waals surface area contributed by atoms with Crippen molar-refractivity contribution in [2.24, 2.45) is 5.10 Å². The number of aromatic nitrogens is 1. The summed E-state index contributed by atoms with van der Waals surface area (Å²) in [5.41, 5.74) is 5.85. The molecule has 1 fully saturated rings. The zero-order valence-corrected chi connectivity index (χ0v) is 20.2. The first-order valence-corrected chi connectivity index (χ1v) is 11.5. The summed E-state index contributed by atoms with van der Waals surface area (Å²) in [5.74, 6) is 0.103. The van der Waals surface area contributed by atoms with Gasteiger partial charge in [0.15, 0.2) is 0 Å². The van der Waals surface area contributed by atoms with Crippen molar-refractivity contribution in [3.63, 3.8) is 0 Å². The van der Waals surface area contributed by atoms with Gasteiger partial charge in [-0.2, -0.15) is 5.10 Å². The molecule has 0 atom stereocenters. The summed E-state index contributed by atoms with van der Waals surface area (Å²) in [4.78, 5) is 7.04. The van der Waals surface area contributed by atoms with E-state index in [9.17, 15) is 0 Å². The van der Waals surface area contributed by atoms with E-state index in [-0.39, 0.29) is 5.82 Å². The first-order chi connectivity index (χ1) is 15.3. The second kappa shape index (κ2) is 10.2. The standard InChI is InChI=1S/C25H29FN4.C2H6/c1-16(2)15-30-18(4)17(3)12-24(28-30)21-13-20-6-7-23(27-25(20)22(26)14-21)19-8-10-29(5)11-9-19;1-2/h6-7,12-15,19H,4,8-11H2,1-3,5H3;1-2H3. The Labute approximate surface area is 191 Å². The minimum atomic E-state index is -0.302. The number of hydrazone groups is 1. The number of pyridine rings is 1. The van der Waals surface area contributed by atoms with Gasteiger partial charge in [-0.05, 0) is 83.6 Å². The van der Waals surface area contributed by atoms with E-state index in [1.807, 2.05) is 59.0 Å². The Balaban J connectivity index is 0.00000141. The van der Waals surface area contributed by atoms with Crippen molar-refractivity contribution >= 4 is 16.6 Å². The molecule has 2 aliphatic rings. The van der Waals surface area contributed by atoms with Crippen LogP contribution >= 0.6 is 0 Å². The zero-order chi connectivity index (χ0) is 23.4. The van der Waals surface area contributed by atoms with Crippen molar-refractivity contribution in [2.75, 3.05) is 20.1 Å². The van der Waals surface area contributed by atoms with Crippen molar-refractivity contribution in [1.82, 2.24) is 14.9 Å². The van der Waals surface area contributed by atoms with Crippen LogP contribution in [-0.4, -0.2) is 40.7 Å². The molecule has 1 aromatic carbocycles. The summed E-state index contributed by atoms with van der Waals surface area (Å²) in [6.45, 7) is 16.2. The lowest BCUT2D eigenvalue weighted by Gasteiger charge is -2.28. The number of halogens is 1. The first kappa shape index (κ1) is 23.9. The first-order valence-electron chi connectivity index (χ1n) is 11.5. The highest BCUT2D eigenvalue weighted by atomic mass is 19.1. The van der Waals surface area contributed by atoms with Crippen LogP contribution in [0, 0.1) is 5.82 Å². The summed E-state index contributed by atoms with van der Waals surface area (Å²) in [5, 5.41) is 7.24. The number of hydrogen-bond donors (Lipinski definition) is 0. The molecule has 0 bridgehead atoms. The lowest BCUT2D eigenvalue weighted by molar-refractivity contribution is 0.253. The maximum absolute atomic E-state index is 15.1. The molecular weight excluding hydrogens is 399 g/mol. The maximum Gasteiger partial charge on any atom is 0.150 e. The molecule has 0 aliphatic carbocycles. The number of nitrogens with zero attached hydrogens (tertiary/aromatic N) is 4. The number of benzene rings is 1. The van der Waals surface area contributed by atoms with Gasteiger partial charge in [-0.15, -0.1) is 0 Å². The molecule has 4 nitrogen and oxygen atoms in total. The minimum absolute atomic E-state index is 0.302. The highest BCUT2D eigenvalue weighted by Gasteiger charge is 2.21. The fourth-order valence-corrected chi connectivity index (χ4v) is 4.05. The predicted molar refractivity (Wildman–Crippen MR) is 133 cm³/mol. The number of allylic oxidation sites excluding steroid dienone is 3. The molecule has 0 radical (unpaired) electrons. The van der Waals surface area contributed by atoms with Crippen LogP contribution in [0.1, 0.15) is 64.6 Å². The second-order valence-electron chi connectivity index (χ2n) is 8.65. The summed E-state index contributed by atoms with van der Waals surface area (Å²) < 4.78 is 15.1. The Morgan fingerprint density at radius 2 is 1.84 bits per heavy atom. The average molecular weight is 435 g/mol. The van der Waals surface area contributed by atoms with Crippen molar-refractivity contribution in [3.8, 4) is 0 Å². The summed E-state index contributed by atoms with van der Waals surface area (Å²) in [6.07, 6.45) is 6.03. The number of piperidine rings is 1. The van der Waals surface area contributed by atoms with Gasteiger partial charge < -0.3 is 4.90 Å². The van der Waals surface area contributed by atoms with Crippen molar-refractivity contribution < 1.29 is 4.39 Å². The van der Waals surface area contributed by atoms with E-state index >= 15 is 4.39 Å². The lowest BCUT2D eigenvalue weighted by atomic mass is 9.92. The minimum Gasteiger partial charge on any atom is -0.306 e. The number of likely N-dealkylation sites (tertiary alicyclic amines) is 1. The number of fused-ring (bicyclic) bond motifs is 1. The molecule has 2 aromatic rings. The van der Waals surface area contributed by atoms with Gasteiger partial charge in [0.1, 0.15) is 11.3 Å². The summed E-state index contributed by atoms with van der Waals surface area (Å²) >= 11 is 0. The Kier molecular flexibility index (Phi) is 7.62. The van der Waals surface area contributed by atoms with Gasteiger partial charge in [-0.3, -0.25) is 0 Å². The Bertz CT molecular complexity index is 1080. The number of hydrogen-bond acceptors (Lipinski definition) is 4. The van der Waals surface area contributed by atoms with E-state index in [0.29, 0.717) is 11.4 Å². The molecule has 1 aromatic heterocycles. The third-order valence-electron chi connectivity index (χ3n) is 5.88. The molecule has 5 heteroatoms. The van der Waals surface area contributed by atoms with Crippen molar-refractivity contribution in [1.29, 1.82) is 0 Å². The number of rotatable bonds is 3. The molecule has 2 aliphatic heterocycles. The second-order valence-corrected chi connectivity index (χ2v) is 8.65. The fourth-order valence-electron chi connectivity index (χ4n) is 4.05. The highest BCUT2D eigenvalue weighted by molar-refractivity contribution is 6.11. The molecule has 0 spiro atoms. The van der Waals surface area contributed by atoms with Crippen LogP contribution in [0.4, 0.5) is 4.39 Å². The molecule has 4 rings (SSSR count). The molecule has 0 unspecified atom stereocenters. The molecular formula is C27H35FN4. The van der Waals surface area contributed by atoms with Crippen molar-refractivity contribution in [2.45, 2.75) is 53.4 Å². The molecule has 0 saturated carbocycles. The van der Waals surface area contributed by atoms with E-state index < -0.39 is 0 Å². The smallest absolute Gasteiger partial charge is 0.150 e. The molecule has 1 saturated heterocycles. The van der Waals surface area contributed by atoms with E-state index in [4.69, 9.17) is 4.98 Å². The van der Waals surface area contributed by atoms with E-state index in [2.05, 4.69) is 29.7 Å². The van der Waals surface area contributed by atoms with Crippen LogP contribution in [0.25, 0.3) is 10.9 Å². The van der Waals surface area contributed by atoms with Gasteiger partial charge >= 0.3 is 0 Å². The van der Waals surface area contributed by atoms with Gasteiger partial charge in [0.05, 0.1) is 11.4 Å². The maximum atomic E-state index is 15.1. The van der Waals surface area contributed by atoms with Crippen LogP contribution in [0.3, 0.4) is 0 Å². The zero-order valence-electron chi connectivity index (χ0n) is 20.2. The third-order valence-corrected chi connectivity index (χ3v) is 5.88. The molecule has 170 valence electrons. The van der Waals surface area contributed by atoms with Gasteiger partial charge in [0.25, 0.3) is 0 Å². The fraction of sp³-hybridized carbons (Fsp3) is 0.407. The van der Waals surface area contributed by atoms with E-state index in [1.165, 1.54) is 0 Å². The van der Waals surface area contributed by atoms with E-state index in [1.54, 1.807) is 11.1 Å². The van der Waals surface area contributed by atoms with Gasteiger partial charge in [0.2, 0.25) is 0 Å². The van der Waals surface area contributed by atoms with Crippen molar-refractivity contribution in [3.05, 3.63) is 77.0 Å². The molecule has 3 heterocycles. The Hall–Kier alpha value is -2.79. The quantitative estimate of drug-likeness (QED) is 0.544. The predicted octanol–water partition coefficient (Wildman–Crippen LogP) is 6.61. The monoisotopic (exact) mass is 434 g/mol. The van der Waals surface area contributed by atoms with Crippen LogP contribution in [0.15, 0.2) is 65.1 Å².